The van der Waals surface area contributed by atoms with Gasteiger partial charge in [-0.15, -0.1) is 0 Å². The lowest BCUT2D eigenvalue weighted by atomic mass is 10.1. The Kier molecular flexibility index (Phi) is 5.99. The summed E-state index contributed by atoms with van der Waals surface area (Å²) in [6.07, 6.45) is 1.93. The maximum atomic E-state index is 12.7. The van der Waals surface area contributed by atoms with Crippen molar-refractivity contribution in [3.63, 3.8) is 0 Å². The normalized spacial score (nSPS) is 11.7. The Morgan fingerprint density at radius 3 is 2.61 bits per heavy atom. The zero-order valence-electron chi connectivity index (χ0n) is 16.6. The van der Waals surface area contributed by atoms with Gasteiger partial charge in [0.2, 0.25) is 0 Å². The third kappa shape index (κ3) is 4.52. The number of para-hydroxylation sites is 2. The van der Waals surface area contributed by atoms with E-state index in [1.165, 1.54) is 0 Å². The standard InChI is InChI=1S/C22H25N3O3/c1-15(19-13-25(3)24-16(19)2)23-22(26)18-9-7-8-17(12-18)14-28-21-11-6-5-10-20(21)27-4/h5-13,15H,14H2,1-4H3,(H,23,26). The number of rotatable bonds is 7. The molecule has 1 unspecified atom stereocenters. The van der Waals surface area contributed by atoms with Gasteiger partial charge in [-0.05, 0) is 43.7 Å². The molecule has 0 aliphatic heterocycles. The Balaban J connectivity index is 1.67. The van der Waals surface area contributed by atoms with Crippen molar-refractivity contribution in [3.05, 3.63) is 77.1 Å². The molecule has 0 saturated carbocycles. The van der Waals surface area contributed by atoms with Crippen LogP contribution in [0.5, 0.6) is 11.5 Å². The highest BCUT2D eigenvalue weighted by atomic mass is 16.5. The van der Waals surface area contributed by atoms with Crippen LogP contribution in [0.15, 0.2) is 54.7 Å². The second-order valence-corrected chi connectivity index (χ2v) is 6.68. The number of ether oxygens (including phenoxy) is 2. The van der Waals surface area contributed by atoms with Gasteiger partial charge in [0.1, 0.15) is 6.61 Å². The first-order valence-electron chi connectivity index (χ1n) is 9.13. The molecule has 3 aromatic rings. The van der Waals surface area contributed by atoms with Crippen LogP contribution < -0.4 is 14.8 Å². The molecule has 2 aromatic carbocycles. The number of benzene rings is 2. The van der Waals surface area contributed by atoms with E-state index in [1.807, 2.05) is 69.6 Å². The van der Waals surface area contributed by atoms with Crippen molar-refractivity contribution < 1.29 is 14.3 Å². The lowest BCUT2D eigenvalue weighted by Gasteiger charge is -2.14. The van der Waals surface area contributed by atoms with Gasteiger partial charge < -0.3 is 14.8 Å². The molecule has 0 spiro atoms. The fraction of sp³-hybridized carbons (Fsp3) is 0.273. The molecule has 0 bridgehead atoms. The number of aromatic nitrogens is 2. The minimum atomic E-state index is -0.130. The van der Waals surface area contributed by atoms with Gasteiger partial charge in [0, 0.05) is 24.4 Å². The molecular weight excluding hydrogens is 354 g/mol. The van der Waals surface area contributed by atoms with Gasteiger partial charge in [0.15, 0.2) is 11.5 Å². The van der Waals surface area contributed by atoms with E-state index in [1.54, 1.807) is 17.9 Å². The van der Waals surface area contributed by atoms with E-state index in [2.05, 4.69) is 10.4 Å². The van der Waals surface area contributed by atoms with Crippen molar-refractivity contribution in [2.24, 2.45) is 7.05 Å². The molecule has 6 nitrogen and oxygen atoms in total. The highest BCUT2D eigenvalue weighted by Crippen LogP contribution is 2.26. The van der Waals surface area contributed by atoms with Crippen LogP contribution in [0.1, 0.15) is 40.1 Å². The van der Waals surface area contributed by atoms with Gasteiger partial charge in [-0.25, -0.2) is 0 Å². The molecule has 1 N–H and O–H groups in total. The topological polar surface area (TPSA) is 65.4 Å². The summed E-state index contributed by atoms with van der Waals surface area (Å²) < 4.78 is 12.9. The van der Waals surface area contributed by atoms with Crippen LogP contribution in [0.3, 0.4) is 0 Å². The molecule has 28 heavy (non-hydrogen) atoms. The molecule has 3 rings (SSSR count). The summed E-state index contributed by atoms with van der Waals surface area (Å²) in [5, 5.41) is 7.36. The molecule has 0 fully saturated rings. The average molecular weight is 379 g/mol. The minimum absolute atomic E-state index is 0.130. The van der Waals surface area contributed by atoms with E-state index in [0.29, 0.717) is 23.7 Å². The molecule has 146 valence electrons. The van der Waals surface area contributed by atoms with Gasteiger partial charge in [0.25, 0.3) is 5.91 Å². The first-order chi connectivity index (χ1) is 13.5. The summed E-state index contributed by atoms with van der Waals surface area (Å²) in [6.45, 7) is 4.24. The predicted molar refractivity (Wildman–Crippen MR) is 108 cm³/mol. The van der Waals surface area contributed by atoms with Crippen molar-refractivity contribution in [2.45, 2.75) is 26.5 Å². The smallest absolute Gasteiger partial charge is 0.251 e. The molecule has 0 aliphatic carbocycles. The first-order valence-corrected chi connectivity index (χ1v) is 9.13. The number of carbonyl (C=O) groups is 1. The number of hydrogen-bond acceptors (Lipinski definition) is 4. The van der Waals surface area contributed by atoms with Crippen molar-refractivity contribution in [1.82, 2.24) is 15.1 Å². The maximum Gasteiger partial charge on any atom is 0.251 e. The summed E-state index contributed by atoms with van der Waals surface area (Å²) in [7, 11) is 3.48. The van der Waals surface area contributed by atoms with Gasteiger partial charge in [0.05, 0.1) is 18.8 Å². The van der Waals surface area contributed by atoms with Crippen LogP contribution >= 0.6 is 0 Å². The van der Waals surface area contributed by atoms with Gasteiger partial charge in [-0.3, -0.25) is 9.48 Å². The van der Waals surface area contributed by atoms with Crippen molar-refractivity contribution >= 4 is 5.91 Å². The number of carbonyl (C=O) groups excluding carboxylic acids is 1. The molecule has 1 atom stereocenters. The molecule has 0 radical (unpaired) electrons. The fourth-order valence-corrected chi connectivity index (χ4v) is 3.10. The van der Waals surface area contributed by atoms with Crippen molar-refractivity contribution in [3.8, 4) is 11.5 Å². The van der Waals surface area contributed by atoms with Crippen LogP contribution in [0.2, 0.25) is 0 Å². The van der Waals surface area contributed by atoms with Gasteiger partial charge in [-0.2, -0.15) is 5.10 Å². The third-order valence-corrected chi connectivity index (χ3v) is 4.52. The third-order valence-electron chi connectivity index (χ3n) is 4.52. The minimum Gasteiger partial charge on any atom is -0.493 e. The highest BCUT2D eigenvalue weighted by Gasteiger charge is 2.16. The van der Waals surface area contributed by atoms with Gasteiger partial charge in [-0.1, -0.05) is 24.3 Å². The zero-order chi connectivity index (χ0) is 20.1. The SMILES string of the molecule is COc1ccccc1OCc1cccc(C(=O)NC(C)c2cn(C)nc2C)c1. The monoisotopic (exact) mass is 379 g/mol. The Hall–Kier alpha value is -3.28. The number of nitrogens with one attached hydrogen (secondary N) is 1. The summed E-state index contributed by atoms with van der Waals surface area (Å²) in [5.41, 5.74) is 3.42. The molecule has 1 heterocycles. The number of hydrogen-bond donors (Lipinski definition) is 1. The number of methoxy groups -OCH3 is 1. The van der Waals surface area contributed by atoms with Crippen LogP contribution in [0.4, 0.5) is 0 Å². The van der Waals surface area contributed by atoms with Gasteiger partial charge >= 0.3 is 0 Å². The molecule has 6 heteroatoms. The zero-order valence-corrected chi connectivity index (χ0v) is 16.6. The van der Waals surface area contributed by atoms with Crippen LogP contribution in [0, 0.1) is 6.92 Å². The van der Waals surface area contributed by atoms with E-state index in [9.17, 15) is 4.79 Å². The highest BCUT2D eigenvalue weighted by molar-refractivity contribution is 5.94. The van der Waals surface area contributed by atoms with Crippen molar-refractivity contribution in [2.75, 3.05) is 7.11 Å². The Labute approximate surface area is 165 Å². The number of nitrogens with zero attached hydrogens (tertiary/aromatic N) is 2. The van der Waals surface area contributed by atoms with E-state index in [-0.39, 0.29) is 11.9 Å². The van der Waals surface area contributed by atoms with Crippen molar-refractivity contribution in [1.29, 1.82) is 0 Å². The molecule has 0 aliphatic rings. The summed E-state index contributed by atoms with van der Waals surface area (Å²) in [4.78, 5) is 12.7. The average Bonchev–Trinajstić information content (AvgIpc) is 3.05. The Morgan fingerprint density at radius 2 is 1.93 bits per heavy atom. The number of aryl methyl sites for hydroxylation is 2. The van der Waals surface area contributed by atoms with E-state index in [0.717, 1.165) is 16.8 Å². The molecule has 0 saturated heterocycles. The predicted octanol–water partition coefficient (Wildman–Crippen LogP) is 3.81. The largest absolute Gasteiger partial charge is 0.493 e. The van der Waals surface area contributed by atoms with Crippen LogP contribution in [0.25, 0.3) is 0 Å². The first kappa shape index (κ1) is 19.5. The second kappa shape index (κ2) is 8.61. The number of amides is 1. The van der Waals surface area contributed by atoms with Crippen LogP contribution in [-0.4, -0.2) is 22.8 Å². The quantitative estimate of drug-likeness (QED) is 0.678. The van der Waals surface area contributed by atoms with Crippen LogP contribution in [-0.2, 0) is 13.7 Å². The lowest BCUT2D eigenvalue weighted by molar-refractivity contribution is 0.0939. The molecule has 1 aromatic heterocycles. The van der Waals surface area contributed by atoms with E-state index < -0.39 is 0 Å². The maximum absolute atomic E-state index is 12.7. The molecular formula is C22H25N3O3. The summed E-state index contributed by atoms with van der Waals surface area (Å²) in [6, 6.07) is 14.8. The second-order valence-electron chi connectivity index (χ2n) is 6.68. The van der Waals surface area contributed by atoms with E-state index >= 15 is 0 Å². The summed E-state index contributed by atoms with van der Waals surface area (Å²) >= 11 is 0. The summed E-state index contributed by atoms with van der Waals surface area (Å²) in [5.74, 6) is 1.22. The molecule has 1 amide bonds. The lowest BCUT2D eigenvalue weighted by Crippen LogP contribution is -2.27. The fourth-order valence-electron chi connectivity index (χ4n) is 3.10. The Morgan fingerprint density at radius 1 is 1.18 bits per heavy atom. The Bertz CT molecular complexity index is 965. The van der Waals surface area contributed by atoms with E-state index in [4.69, 9.17) is 9.47 Å².